The summed E-state index contributed by atoms with van der Waals surface area (Å²) in [6, 6.07) is 14.1. The van der Waals surface area contributed by atoms with Crippen molar-refractivity contribution in [2.75, 3.05) is 32.8 Å². The Morgan fingerprint density at radius 2 is 1.69 bits per heavy atom. The largest absolute Gasteiger partial charge is 0.446 e. The van der Waals surface area contributed by atoms with Crippen LogP contribution in [0.4, 0.5) is 4.39 Å². The van der Waals surface area contributed by atoms with Gasteiger partial charge in [0.2, 0.25) is 6.10 Å². The molecule has 0 radical (unpaired) electrons. The maximum atomic E-state index is 13.7. The van der Waals surface area contributed by atoms with E-state index in [1.807, 2.05) is 0 Å². The molecule has 1 aliphatic rings. The topological polar surface area (TPSA) is 84.9 Å². The Hall–Kier alpha value is -3.26. The molecule has 2 aromatic carbocycles. The maximum absolute atomic E-state index is 13.7. The van der Waals surface area contributed by atoms with Crippen LogP contribution in [0.5, 0.6) is 0 Å². The lowest BCUT2D eigenvalue weighted by atomic mass is 10.1. The number of rotatable bonds is 6. The summed E-state index contributed by atoms with van der Waals surface area (Å²) in [6.45, 7) is 1.15. The molecular formula is C21H21FN2O5. The van der Waals surface area contributed by atoms with Crippen LogP contribution in [0, 0.1) is 5.82 Å². The van der Waals surface area contributed by atoms with Gasteiger partial charge < -0.3 is 19.7 Å². The number of amides is 2. The Kier molecular flexibility index (Phi) is 6.91. The molecule has 0 aromatic heterocycles. The van der Waals surface area contributed by atoms with Gasteiger partial charge in [0.25, 0.3) is 11.8 Å². The number of ether oxygens (including phenoxy) is 2. The summed E-state index contributed by atoms with van der Waals surface area (Å²) >= 11 is 0. The zero-order valence-electron chi connectivity index (χ0n) is 15.7. The Morgan fingerprint density at radius 1 is 1.03 bits per heavy atom. The van der Waals surface area contributed by atoms with Gasteiger partial charge in [-0.15, -0.1) is 0 Å². The van der Waals surface area contributed by atoms with Crippen molar-refractivity contribution < 1.29 is 28.2 Å². The van der Waals surface area contributed by atoms with Crippen LogP contribution in [0.15, 0.2) is 54.6 Å². The third-order valence-electron chi connectivity index (χ3n) is 4.41. The summed E-state index contributed by atoms with van der Waals surface area (Å²) in [5.41, 5.74) is 0.349. The highest BCUT2D eigenvalue weighted by atomic mass is 19.1. The van der Waals surface area contributed by atoms with Crippen LogP contribution in [-0.2, 0) is 19.1 Å². The van der Waals surface area contributed by atoms with E-state index in [0.29, 0.717) is 31.9 Å². The Labute approximate surface area is 167 Å². The van der Waals surface area contributed by atoms with E-state index in [1.54, 1.807) is 35.2 Å². The molecule has 0 spiro atoms. The van der Waals surface area contributed by atoms with Crippen molar-refractivity contribution in [3.05, 3.63) is 71.5 Å². The first-order valence-corrected chi connectivity index (χ1v) is 9.20. The molecule has 2 aromatic rings. The number of carbonyl (C=O) groups is 3. The summed E-state index contributed by atoms with van der Waals surface area (Å²) in [5.74, 6) is -2.59. The molecule has 0 saturated carbocycles. The quantitative estimate of drug-likeness (QED) is 0.746. The minimum absolute atomic E-state index is 0.177. The van der Waals surface area contributed by atoms with E-state index in [9.17, 15) is 18.8 Å². The van der Waals surface area contributed by atoms with E-state index >= 15 is 0 Å². The van der Waals surface area contributed by atoms with Crippen molar-refractivity contribution in [3.63, 3.8) is 0 Å². The number of hydrogen-bond acceptors (Lipinski definition) is 5. The van der Waals surface area contributed by atoms with Crippen LogP contribution >= 0.6 is 0 Å². The van der Waals surface area contributed by atoms with Crippen molar-refractivity contribution in [2.24, 2.45) is 0 Å². The highest BCUT2D eigenvalue weighted by Gasteiger charge is 2.30. The Bertz CT molecular complexity index is 868. The van der Waals surface area contributed by atoms with Crippen LogP contribution in [0.3, 0.4) is 0 Å². The van der Waals surface area contributed by atoms with Crippen molar-refractivity contribution in [1.82, 2.24) is 10.2 Å². The SMILES string of the molecule is O=C(CNC(=O)c1ccccc1F)O[C@H](C(=O)N1CCOCC1)c1ccccc1. The van der Waals surface area contributed by atoms with Crippen molar-refractivity contribution in [1.29, 1.82) is 0 Å². The molecule has 0 unspecified atom stereocenters. The molecule has 29 heavy (non-hydrogen) atoms. The van der Waals surface area contributed by atoms with Gasteiger partial charge in [-0.25, -0.2) is 4.39 Å². The lowest BCUT2D eigenvalue weighted by molar-refractivity contribution is -0.162. The number of nitrogens with zero attached hydrogens (tertiary/aromatic N) is 1. The molecule has 0 bridgehead atoms. The third-order valence-corrected chi connectivity index (χ3v) is 4.41. The molecule has 1 atom stereocenters. The molecule has 1 fully saturated rings. The molecular weight excluding hydrogens is 379 g/mol. The van der Waals surface area contributed by atoms with Crippen LogP contribution in [0.2, 0.25) is 0 Å². The Morgan fingerprint density at radius 3 is 2.38 bits per heavy atom. The maximum Gasteiger partial charge on any atom is 0.326 e. The summed E-state index contributed by atoms with van der Waals surface area (Å²) in [7, 11) is 0. The molecule has 7 nitrogen and oxygen atoms in total. The highest BCUT2D eigenvalue weighted by Crippen LogP contribution is 2.21. The normalized spacial score (nSPS) is 14.7. The van der Waals surface area contributed by atoms with E-state index in [4.69, 9.17) is 9.47 Å². The standard InChI is InChI=1S/C21H21FN2O5/c22-17-9-5-4-8-16(17)20(26)23-14-18(25)29-19(15-6-2-1-3-7-15)21(27)24-10-12-28-13-11-24/h1-9,19H,10-14H2,(H,23,26)/t19-/m0/s1. The molecule has 1 N–H and O–H groups in total. The molecule has 0 aliphatic carbocycles. The van der Waals surface area contributed by atoms with Crippen LogP contribution in [-0.4, -0.2) is 55.5 Å². The fourth-order valence-corrected chi connectivity index (χ4v) is 2.90. The first kappa shape index (κ1) is 20.5. The van der Waals surface area contributed by atoms with E-state index in [0.717, 1.165) is 6.07 Å². The van der Waals surface area contributed by atoms with Crippen molar-refractivity contribution in [3.8, 4) is 0 Å². The second kappa shape index (κ2) is 9.79. The summed E-state index contributed by atoms with van der Waals surface area (Å²) in [4.78, 5) is 38.8. The number of morpholine rings is 1. The fourth-order valence-electron chi connectivity index (χ4n) is 2.90. The van der Waals surface area contributed by atoms with Gasteiger partial charge >= 0.3 is 5.97 Å². The van der Waals surface area contributed by atoms with E-state index < -0.39 is 30.3 Å². The zero-order chi connectivity index (χ0) is 20.6. The van der Waals surface area contributed by atoms with Gasteiger partial charge in [0.1, 0.15) is 12.4 Å². The van der Waals surface area contributed by atoms with Gasteiger partial charge in [-0.05, 0) is 12.1 Å². The number of halogens is 1. The zero-order valence-corrected chi connectivity index (χ0v) is 15.7. The lowest BCUT2D eigenvalue weighted by Crippen LogP contribution is -2.44. The van der Waals surface area contributed by atoms with E-state index in [-0.39, 0.29) is 11.5 Å². The molecule has 1 heterocycles. The number of benzene rings is 2. The minimum Gasteiger partial charge on any atom is -0.446 e. The van der Waals surface area contributed by atoms with Gasteiger partial charge in [-0.3, -0.25) is 14.4 Å². The fraction of sp³-hybridized carbons (Fsp3) is 0.286. The first-order valence-electron chi connectivity index (χ1n) is 9.20. The Balaban J connectivity index is 1.65. The highest BCUT2D eigenvalue weighted by molar-refractivity contribution is 5.96. The van der Waals surface area contributed by atoms with Gasteiger partial charge in [0, 0.05) is 18.7 Å². The third kappa shape index (κ3) is 5.39. The average Bonchev–Trinajstić information content (AvgIpc) is 2.77. The summed E-state index contributed by atoms with van der Waals surface area (Å²) < 4.78 is 24.3. The van der Waals surface area contributed by atoms with Gasteiger partial charge in [-0.1, -0.05) is 42.5 Å². The molecule has 1 aliphatic heterocycles. The predicted molar refractivity (Wildman–Crippen MR) is 101 cm³/mol. The second-order valence-corrected chi connectivity index (χ2v) is 6.38. The van der Waals surface area contributed by atoms with Crippen LogP contribution < -0.4 is 5.32 Å². The number of esters is 1. The number of carbonyl (C=O) groups excluding carboxylic acids is 3. The van der Waals surface area contributed by atoms with Crippen LogP contribution in [0.1, 0.15) is 22.0 Å². The van der Waals surface area contributed by atoms with Crippen molar-refractivity contribution in [2.45, 2.75) is 6.10 Å². The minimum atomic E-state index is -1.13. The number of hydrogen-bond donors (Lipinski definition) is 1. The van der Waals surface area contributed by atoms with E-state index in [1.165, 1.54) is 18.2 Å². The molecule has 8 heteroatoms. The summed E-state index contributed by atoms with van der Waals surface area (Å²) in [5, 5.41) is 2.32. The first-order chi connectivity index (χ1) is 14.1. The smallest absolute Gasteiger partial charge is 0.326 e. The van der Waals surface area contributed by atoms with Crippen molar-refractivity contribution >= 4 is 17.8 Å². The van der Waals surface area contributed by atoms with Gasteiger partial charge in [0.05, 0.1) is 18.8 Å². The van der Waals surface area contributed by atoms with E-state index in [2.05, 4.69) is 5.32 Å². The molecule has 152 valence electrons. The monoisotopic (exact) mass is 400 g/mol. The second-order valence-electron chi connectivity index (χ2n) is 6.38. The lowest BCUT2D eigenvalue weighted by Gasteiger charge is -2.30. The average molecular weight is 400 g/mol. The van der Waals surface area contributed by atoms with Gasteiger partial charge in [-0.2, -0.15) is 0 Å². The van der Waals surface area contributed by atoms with Crippen LogP contribution in [0.25, 0.3) is 0 Å². The predicted octanol–water partition coefficient (Wildman–Crippen LogP) is 1.70. The summed E-state index contributed by atoms with van der Waals surface area (Å²) in [6.07, 6.45) is -1.13. The number of nitrogens with one attached hydrogen (secondary N) is 1. The molecule has 3 rings (SSSR count). The molecule has 1 saturated heterocycles. The van der Waals surface area contributed by atoms with Gasteiger partial charge in [0.15, 0.2) is 0 Å². The molecule has 2 amide bonds.